The van der Waals surface area contributed by atoms with E-state index in [-0.39, 0.29) is 40.1 Å². The minimum atomic E-state index is -3.80. The van der Waals surface area contributed by atoms with Crippen LogP contribution in [0.25, 0.3) is 0 Å². The van der Waals surface area contributed by atoms with E-state index in [0.29, 0.717) is 44.7 Å². The average molecular weight is 500 g/mol. The number of sulfonamides is 1. The van der Waals surface area contributed by atoms with Crippen LogP contribution in [0.1, 0.15) is 43.0 Å². The Balaban J connectivity index is 1.50. The second-order valence-electron chi connectivity index (χ2n) is 9.21. The molecule has 33 heavy (non-hydrogen) atoms. The molecule has 11 heteroatoms. The van der Waals surface area contributed by atoms with Gasteiger partial charge in [0.1, 0.15) is 10.6 Å². The molecule has 0 spiro atoms. The summed E-state index contributed by atoms with van der Waals surface area (Å²) < 4.78 is 57.3. The van der Waals surface area contributed by atoms with Gasteiger partial charge in [0.05, 0.1) is 18.6 Å². The van der Waals surface area contributed by atoms with Crippen LogP contribution >= 0.6 is 0 Å². The molecule has 3 fully saturated rings. The molecule has 3 aliphatic heterocycles. The van der Waals surface area contributed by atoms with Gasteiger partial charge in [-0.3, -0.25) is 9.69 Å². The third-order valence-corrected chi connectivity index (χ3v) is 10.9. The highest BCUT2D eigenvalue weighted by molar-refractivity contribution is 7.91. The molecule has 3 saturated heterocycles. The number of amides is 1. The van der Waals surface area contributed by atoms with Crippen LogP contribution in [0, 0.1) is 0 Å². The number of sulfone groups is 1. The number of methoxy groups -OCH3 is 1. The van der Waals surface area contributed by atoms with E-state index in [1.165, 1.54) is 17.5 Å². The molecule has 184 valence electrons. The number of benzene rings is 1. The molecular formula is C22H33N3O6S2. The predicted octanol–water partition coefficient (Wildman–Crippen LogP) is 1.20. The first kappa shape index (κ1) is 24.4. The van der Waals surface area contributed by atoms with Crippen molar-refractivity contribution in [2.24, 2.45) is 0 Å². The molecule has 0 unspecified atom stereocenters. The van der Waals surface area contributed by atoms with Gasteiger partial charge in [0.25, 0.3) is 5.91 Å². The molecule has 1 aromatic rings. The van der Waals surface area contributed by atoms with Crippen molar-refractivity contribution in [2.75, 3.05) is 51.3 Å². The van der Waals surface area contributed by atoms with Gasteiger partial charge in [0.15, 0.2) is 9.84 Å². The highest BCUT2D eigenvalue weighted by atomic mass is 32.2. The van der Waals surface area contributed by atoms with Gasteiger partial charge in [-0.15, -0.1) is 0 Å². The Labute approximate surface area is 196 Å². The second kappa shape index (κ2) is 9.52. The van der Waals surface area contributed by atoms with Crippen molar-refractivity contribution in [3.05, 3.63) is 23.8 Å². The maximum atomic E-state index is 13.4. The van der Waals surface area contributed by atoms with Gasteiger partial charge < -0.3 is 9.64 Å². The lowest BCUT2D eigenvalue weighted by Gasteiger charge is -2.37. The number of carbonyl (C=O) groups is 1. The molecule has 2 atom stereocenters. The summed E-state index contributed by atoms with van der Waals surface area (Å²) in [6.45, 7) is 4.55. The zero-order valence-electron chi connectivity index (χ0n) is 19.3. The summed E-state index contributed by atoms with van der Waals surface area (Å²) in [5.74, 6) is 0.432. The minimum Gasteiger partial charge on any atom is -0.495 e. The second-order valence-corrected chi connectivity index (χ2v) is 13.3. The van der Waals surface area contributed by atoms with Gasteiger partial charge in [-0.25, -0.2) is 16.8 Å². The first-order valence-electron chi connectivity index (χ1n) is 11.6. The summed E-state index contributed by atoms with van der Waals surface area (Å²) in [4.78, 5) is 17.1. The lowest BCUT2D eigenvalue weighted by molar-refractivity contribution is 0.0587. The molecule has 3 heterocycles. The number of rotatable bonds is 5. The van der Waals surface area contributed by atoms with Gasteiger partial charge in [-0.05, 0) is 44.4 Å². The van der Waals surface area contributed by atoms with E-state index in [1.54, 1.807) is 17.0 Å². The maximum Gasteiger partial charge on any atom is 0.253 e. The molecule has 0 aromatic heterocycles. The summed E-state index contributed by atoms with van der Waals surface area (Å²) in [6, 6.07) is 4.52. The summed E-state index contributed by atoms with van der Waals surface area (Å²) in [7, 11) is -5.32. The van der Waals surface area contributed by atoms with Crippen LogP contribution < -0.4 is 4.74 Å². The lowest BCUT2D eigenvalue weighted by atomic mass is 10.1. The normalized spacial score (nSPS) is 26.9. The van der Waals surface area contributed by atoms with E-state index in [4.69, 9.17) is 4.74 Å². The molecular weight excluding hydrogens is 466 g/mol. The number of piperidine rings is 1. The van der Waals surface area contributed by atoms with E-state index in [0.717, 1.165) is 19.3 Å². The number of piperazine rings is 1. The van der Waals surface area contributed by atoms with Crippen LogP contribution in [0.4, 0.5) is 0 Å². The molecule has 4 rings (SSSR count). The van der Waals surface area contributed by atoms with Crippen LogP contribution in [0.2, 0.25) is 0 Å². The van der Waals surface area contributed by atoms with Crippen molar-refractivity contribution in [2.45, 2.75) is 49.6 Å². The van der Waals surface area contributed by atoms with Crippen molar-refractivity contribution < 1.29 is 26.4 Å². The van der Waals surface area contributed by atoms with Crippen molar-refractivity contribution >= 4 is 25.8 Å². The number of carbonyl (C=O) groups excluding carboxylic acids is 1. The van der Waals surface area contributed by atoms with Crippen molar-refractivity contribution in [3.8, 4) is 5.75 Å². The fourth-order valence-electron chi connectivity index (χ4n) is 5.10. The van der Waals surface area contributed by atoms with E-state index >= 15 is 0 Å². The molecule has 1 aromatic carbocycles. The highest BCUT2D eigenvalue weighted by Gasteiger charge is 2.36. The van der Waals surface area contributed by atoms with Crippen molar-refractivity contribution in [3.63, 3.8) is 0 Å². The quantitative estimate of drug-likeness (QED) is 0.600. The maximum absolute atomic E-state index is 13.4. The summed E-state index contributed by atoms with van der Waals surface area (Å²) in [5.41, 5.74) is 0.316. The minimum absolute atomic E-state index is 0.0246. The van der Waals surface area contributed by atoms with E-state index < -0.39 is 19.9 Å². The predicted molar refractivity (Wildman–Crippen MR) is 125 cm³/mol. The van der Waals surface area contributed by atoms with Crippen molar-refractivity contribution in [1.29, 1.82) is 0 Å². The topological polar surface area (TPSA) is 104 Å². The lowest BCUT2D eigenvalue weighted by Crippen LogP contribution is -2.52. The smallest absolute Gasteiger partial charge is 0.253 e. The molecule has 1 amide bonds. The summed E-state index contributed by atoms with van der Waals surface area (Å²) >= 11 is 0. The summed E-state index contributed by atoms with van der Waals surface area (Å²) in [6.07, 6.45) is 3.27. The van der Waals surface area contributed by atoms with E-state index in [1.807, 2.05) is 6.92 Å². The third-order valence-electron chi connectivity index (χ3n) is 7.07. The molecule has 0 aliphatic carbocycles. The van der Waals surface area contributed by atoms with E-state index in [9.17, 15) is 21.6 Å². The SMILES string of the molecule is COc1ccc(C(=O)N2CCN([C@@H]3CCS(=O)(=O)C3)CC2)cc1S(=O)(=O)N1CCCC[C@H]1C. The summed E-state index contributed by atoms with van der Waals surface area (Å²) in [5, 5.41) is 0. The molecule has 0 bridgehead atoms. The fourth-order valence-corrected chi connectivity index (χ4v) is 8.75. The molecule has 3 aliphatic rings. The Bertz CT molecular complexity index is 1100. The number of ether oxygens (including phenoxy) is 1. The molecule has 0 radical (unpaired) electrons. The first-order chi connectivity index (χ1) is 15.6. The third kappa shape index (κ3) is 5.06. The Morgan fingerprint density at radius 2 is 1.79 bits per heavy atom. The van der Waals surface area contributed by atoms with Crippen LogP contribution in [0.15, 0.2) is 23.1 Å². The van der Waals surface area contributed by atoms with Gasteiger partial charge in [0.2, 0.25) is 10.0 Å². The zero-order valence-corrected chi connectivity index (χ0v) is 20.9. The van der Waals surface area contributed by atoms with Crippen molar-refractivity contribution in [1.82, 2.24) is 14.1 Å². The average Bonchev–Trinajstić information content (AvgIpc) is 3.18. The number of hydrogen-bond acceptors (Lipinski definition) is 7. The number of nitrogens with zero attached hydrogens (tertiary/aromatic N) is 3. The standard InChI is InChI=1S/C22H33N3O6S2/c1-17-5-3-4-9-25(17)33(29,30)21-15-18(6-7-20(21)31-2)22(26)24-12-10-23(11-13-24)19-8-14-32(27,28)16-19/h6-7,15,17,19H,3-5,8-14,16H2,1-2H3/t17-,19-/m1/s1. The largest absolute Gasteiger partial charge is 0.495 e. The zero-order chi connectivity index (χ0) is 23.8. The van der Waals surface area contributed by atoms with E-state index in [2.05, 4.69) is 4.90 Å². The van der Waals surface area contributed by atoms with Gasteiger partial charge in [-0.2, -0.15) is 4.31 Å². The fraction of sp³-hybridized carbons (Fsp3) is 0.682. The number of hydrogen-bond donors (Lipinski definition) is 0. The highest BCUT2D eigenvalue weighted by Crippen LogP contribution is 2.32. The molecule has 9 nitrogen and oxygen atoms in total. The first-order valence-corrected chi connectivity index (χ1v) is 14.8. The Kier molecular flexibility index (Phi) is 7.05. The van der Waals surface area contributed by atoms with Crippen LogP contribution in [-0.2, 0) is 19.9 Å². The van der Waals surface area contributed by atoms with Crippen LogP contribution in [0.3, 0.4) is 0 Å². The Morgan fingerprint density at radius 3 is 2.39 bits per heavy atom. The monoisotopic (exact) mass is 499 g/mol. The Morgan fingerprint density at radius 1 is 1.06 bits per heavy atom. The van der Waals surface area contributed by atoms with Gasteiger partial charge in [-0.1, -0.05) is 6.42 Å². The van der Waals surface area contributed by atoms with Crippen LogP contribution in [-0.4, -0.2) is 100 Å². The van der Waals surface area contributed by atoms with Gasteiger partial charge in [0, 0.05) is 50.4 Å². The molecule has 0 N–H and O–H groups in total. The Hall–Kier alpha value is -1.69. The van der Waals surface area contributed by atoms with Gasteiger partial charge >= 0.3 is 0 Å². The molecule has 0 saturated carbocycles. The van der Waals surface area contributed by atoms with Crippen LogP contribution in [0.5, 0.6) is 5.75 Å².